The molecule has 0 N–H and O–H groups in total. The first-order chi connectivity index (χ1) is 16.1. The maximum Gasteiger partial charge on any atom is 0.0206 e. The van der Waals surface area contributed by atoms with Crippen molar-refractivity contribution in [2.75, 3.05) is 0 Å². The molecule has 4 rings (SSSR count). The van der Waals surface area contributed by atoms with Crippen molar-refractivity contribution in [3.8, 4) is 0 Å². The highest BCUT2D eigenvalue weighted by Crippen LogP contribution is 2.63. The third-order valence-electron chi connectivity index (χ3n) is 6.22. The zero-order chi connectivity index (χ0) is 23.1. The van der Waals surface area contributed by atoms with Crippen LogP contribution in [0.4, 0.5) is 0 Å². The molecule has 33 heavy (non-hydrogen) atoms. The Kier molecular flexibility index (Phi) is 8.14. The van der Waals surface area contributed by atoms with Crippen LogP contribution >= 0.6 is 15.8 Å². The Balaban J connectivity index is 1.99. The van der Waals surface area contributed by atoms with E-state index < -0.39 is 15.8 Å². The van der Waals surface area contributed by atoms with Crippen molar-refractivity contribution in [1.29, 1.82) is 0 Å². The van der Waals surface area contributed by atoms with Crippen molar-refractivity contribution in [1.82, 2.24) is 0 Å². The molecule has 0 heterocycles. The van der Waals surface area contributed by atoms with E-state index in [9.17, 15) is 0 Å². The molecule has 4 aromatic rings. The van der Waals surface area contributed by atoms with Gasteiger partial charge in [0.05, 0.1) is 0 Å². The van der Waals surface area contributed by atoms with E-state index in [4.69, 9.17) is 0 Å². The second-order valence-electron chi connectivity index (χ2n) is 9.19. The molecule has 0 atom stereocenters. The van der Waals surface area contributed by atoms with E-state index in [-0.39, 0.29) is 5.41 Å². The minimum atomic E-state index is -0.572. The molecule has 4 aromatic carbocycles. The number of hydrogen-bond donors (Lipinski definition) is 0. The SMILES string of the molecule is CCCC(C)(C)C(P(c1ccccc1)c1ccccc1)P(c1ccccc1)c1ccccc1. The lowest BCUT2D eigenvalue weighted by Gasteiger charge is -2.45. The third-order valence-corrected chi connectivity index (χ3v) is 13.4. The van der Waals surface area contributed by atoms with Gasteiger partial charge in [-0.1, -0.05) is 149 Å². The monoisotopic (exact) mass is 468 g/mol. The summed E-state index contributed by atoms with van der Waals surface area (Å²) in [5, 5.41) is 6.43. The van der Waals surface area contributed by atoms with E-state index in [1.165, 1.54) is 34.1 Å². The van der Waals surface area contributed by atoms with Crippen molar-refractivity contribution < 1.29 is 0 Å². The smallest absolute Gasteiger partial charge is 0.0206 e. The second-order valence-corrected chi connectivity index (χ2v) is 14.2. The molecule has 0 aromatic heterocycles. The van der Waals surface area contributed by atoms with Crippen molar-refractivity contribution in [3.05, 3.63) is 121 Å². The van der Waals surface area contributed by atoms with Crippen LogP contribution in [-0.2, 0) is 0 Å². The van der Waals surface area contributed by atoms with Gasteiger partial charge in [-0.15, -0.1) is 0 Å². The molecule has 0 unspecified atom stereocenters. The van der Waals surface area contributed by atoms with E-state index in [0.29, 0.717) is 5.40 Å². The maximum atomic E-state index is 2.52. The molecular weight excluding hydrogens is 434 g/mol. The Morgan fingerprint density at radius 1 is 0.515 bits per heavy atom. The molecule has 0 aliphatic rings. The van der Waals surface area contributed by atoms with Gasteiger partial charge in [-0.2, -0.15) is 0 Å². The lowest BCUT2D eigenvalue weighted by Crippen LogP contribution is -2.37. The number of hydrogen-bond acceptors (Lipinski definition) is 0. The predicted octanol–water partition coefficient (Wildman–Crippen LogP) is 7.40. The molecule has 0 radical (unpaired) electrons. The minimum absolute atomic E-state index is 0.184. The summed E-state index contributed by atoms with van der Waals surface area (Å²) in [5.74, 6) is 0. The van der Waals surface area contributed by atoms with Crippen LogP contribution in [0, 0.1) is 5.41 Å². The summed E-state index contributed by atoms with van der Waals surface area (Å²) in [6, 6.07) is 45.1. The summed E-state index contributed by atoms with van der Waals surface area (Å²) in [7, 11) is -1.14. The molecule has 0 amide bonds. The largest absolute Gasteiger partial charge is 0.0654 e. The fourth-order valence-corrected chi connectivity index (χ4v) is 12.7. The molecule has 168 valence electrons. The van der Waals surface area contributed by atoms with Gasteiger partial charge in [-0.3, -0.25) is 0 Å². The normalized spacial score (nSPS) is 11.9. The molecule has 0 aliphatic carbocycles. The highest BCUT2D eigenvalue weighted by molar-refractivity contribution is 7.89. The Bertz CT molecular complexity index is 931. The van der Waals surface area contributed by atoms with Crippen molar-refractivity contribution in [2.24, 2.45) is 5.41 Å². The number of rotatable bonds is 9. The average molecular weight is 469 g/mol. The van der Waals surface area contributed by atoms with Crippen LogP contribution in [-0.4, -0.2) is 5.40 Å². The van der Waals surface area contributed by atoms with Crippen LogP contribution in [0.15, 0.2) is 121 Å². The summed E-state index contributed by atoms with van der Waals surface area (Å²) in [4.78, 5) is 0. The lowest BCUT2D eigenvalue weighted by atomic mass is 9.90. The van der Waals surface area contributed by atoms with Gasteiger partial charge in [0.25, 0.3) is 0 Å². The maximum absolute atomic E-state index is 2.52. The summed E-state index contributed by atoms with van der Waals surface area (Å²) in [6.07, 6.45) is 2.41. The standard InChI is InChI=1S/C31H34P2/c1-4-25-31(2,3)30(32(26-17-9-5-10-18-26)27-19-11-6-12-20-27)33(28-21-13-7-14-22-28)29-23-15-8-16-24-29/h5-24,30H,4,25H2,1-3H3. The summed E-state index contributed by atoms with van der Waals surface area (Å²) in [5.41, 5.74) is 0.184. The van der Waals surface area contributed by atoms with Crippen molar-refractivity contribution in [3.63, 3.8) is 0 Å². The molecule has 0 spiro atoms. The average Bonchev–Trinajstić information content (AvgIpc) is 2.86. The predicted molar refractivity (Wildman–Crippen MR) is 151 cm³/mol. The van der Waals surface area contributed by atoms with Gasteiger partial charge in [0.1, 0.15) is 0 Å². The van der Waals surface area contributed by atoms with Gasteiger partial charge in [-0.05, 0) is 48.9 Å². The molecule has 2 heteroatoms. The van der Waals surface area contributed by atoms with Crippen LogP contribution in [0.1, 0.15) is 33.6 Å². The molecule has 0 aliphatic heterocycles. The fraction of sp³-hybridized carbons (Fsp3) is 0.226. The Hall–Kier alpha value is -2.26. The highest BCUT2D eigenvalue weighted by Gasteiger charge is 2.42. The molecular formula is C31H34P2. The van der Waals surface area contributed by atoms with Crippen LogP contribution in [0.5, 0.6) is 0 Å². The highest BCUT2D eigenvalue weighted by atomic mass is 31.2. The zero-order valence-electron chi connectivity index (χ0n) is 19.9. The van der Waals surface area contributed by atoms with Gasteiger partial charge >= 0.3 is 0 Å². The van der Waals surface area contributed by atoms with Crippen molar-refractivity contribution >= 4 is 37.1 Å². The summed E-state index contributed by atoms with van der Waals surface area (Å²) >= 11 is 0. The zero-order valence-corrected chi connectivity index (χ0v) is 21.7. The quantitative estimate of drug-likeness (QED) is 0.225. The Morgan fingerprint density at radius 3 is 1.03 bits per heavy atom. The van der Waals surface area contributed by atoms with Gasteiger partial charge in [0.2, 0.25) is 0 Å². The molecule has 0 bridgehead atoms. The van der Waals surface area contributed by atoms with E-state index in [1.54, 1.807) is 0 Å². The van der Waals surface area contributed by atoms with E-state index in [0.717, 1.165) is 0 Å². The van der Waals surface area contributed by atoms with E-state index in [2.05, 4.69) is 142 Å². The minimum Gasteiger partial charge on any atom is -0.0654 e. The molecule has 0 saturated heterocycles. The molecule has 0 fully saturated rings. The molecule has 0 nitrogen and oxygen atoms in total. The molecule has 0 saturated carbocycles. The van der Waals surface area contributed by atoms with Crippen LogP contribution in [0.2, 0.25) is 0 Å². The third kappa shape index (κ3) is 5.63. The van der Waals surface area contributed by atoms with Crippen LogP contribution in [0.25, 0.3) is 0 Å². The Morgan fingerprint density at radius 2 is 0.788 bits per heavy atom. The van der Waals surface area contributed by atoms with E-state index in [1.807, 2.05) is 0 Å². The second kappa shape index (κ2) is 11.2. The van der Waals surface area contributed by atoms with Gasteiger partial charge in [-0.25, -0.2) is 0 Å². The summed E-state index contributed by atoms with van der Waals surface area (Å²) in [6.45, 7) is 7.37. The summed E-state index contributed by atoms with van der Waals surface area (Å²) < 4.78 is 0. The fourth-order valence-electron chi connectivity index (χ4n) is 4.81. The van der Waals surface area contributed by atoms with Crippen molar-refractivity contribution in [2.45, 2.75) is 39.0 Å². The first-order valence-corrected chi connectivity index (χ1v) is 14.7. The van der Waals surface area contributed by atoms with Gasteiger partial charge < -0.3 is 0 Å². The van der Waals surface area contributed by atoms with E-state index >= 15 is 0 Å². The van der Waals surface area contributed by atoms with Crippen LogP contribution in [0.3, 0.4) is 0 Å². The Labute approximate surface area is 202 Å². The van der Waals surface area contributed by atoms with Gasteiger partial charge in [0.15, 0.2) is 0 Å². The lowest BCUT2D eigenvalue weighted by molar-refractivity contribution is 0.362. The van der Waals surface area contributed by atoms with Gasteiger partial charge in [0, 0.05) is 5.40 Å². The van der Waals surface area contributed by atoms with Crippen LogP contribution < -0.4 is 21.2 Å². The first kappa shape index (κ1) is 23.9. The first-order valence-electron chi connectivity index (χ1n) is 11.9. The topological polar surface area (TPSA) is 0 Å². The number of benzene rings is 4.